The van der Waals surface area contributed by atoms with E-state index < -0.39 is 17.9 Å². The van der Waals surface area contributed by atoms with Gasteiger partial charge in [0.25, 0.3) is 0 Å². The van der Waals surface area contributed by atoms with Crippen LogP contribution in [0.1, 0.15) is 156 Å². The van der Waals surface area contributed by atoms with Crippen LogP contribution in [0, 0.1) is 4.77 Å². The number of fused-ring (bicyclic) bond motifs is 1. The highest BCUT2D eigenvalue weighted by molar-refractivity contribution is 7.71. The van der Waals surface area contributed by atoms with Crippen LogP contribution in [0.3, 0.4) is 0 Å². The van der Waals surface area contributed by atoms with Crippen LogP contribution in [0.4, 0.5) is 0 Å². The zero-order chi connectivity index (χ0) is 39.9. The lowest BCUT2D eigenvalue weighted by Gasteiger charge is -2.34. The number of ether oxygens (including phenoxy) is 3. The van der Waals surface area contributed by atoms with E-state index in [0.717, 1.165) is 41.4 Å². The topological polar surface area (TPSA) is 94.6 Å². The second-order valence-corrected chi connectivity index (χ2v) is 16.3. The fraction of sp³-hybridized carbons (Fsp3) is 0.587. The van der Waals surface area contributed by atoms with Crippen LogP contribution in [0.15, 0.2) is 65.0 Å². The summed E-state index contributed by atoms with van der Waals surface area (Å²) in [5, 5.41) is 3.47. The molecule has 3 aromatic rings. The number of para-hydroxylation sites is 2. The average molecular weight is 774 g/mol. The Morgan fingerprint density at radius 2 is 1.29 bits per heavy atom. The molecule has 0 fully saturated rings. The maximum Gasteiger partial charge on any atom is 0.337 e. The van der Waals surface area contributed by atoms with Crippen molar-refractivity contribution in [2.45, 2.75) is 176 Å². The summed E-state index contributed by atoms with van der Waals surface area (Å²) in [6.07, 6.45) is 16.5. The largest absolute Gasteiger partial charge is 0.491 e. The van der Waals surface area contributed by atoms with Crippen molar-refractivity contribution < 1.29 is 23.8 Å². The molecule has 55 heavy (non-hydrogen) atoms. The van der Waals surface area contributed by atoms with Gasteiger partial charge < -0.3 is 29.1 Å². The number of hydrogen-bond acceptors (Lipinski definition) is 7. The number of aromatic nitrogens is 2. The van der Waals surface area contributed by atoms with E-state index in [1.807, 2.05) is 89.4 Å². The van der Waals surface area contributed by atoms with Crippen LogP contribution in [0.2, 0.25) is 0 Å². The van der Waals surface area contributed by atoms with Gasteiger partial charge in [-0.1, -0.05) is 108 Å². The van der Waals surface area contributed by atoms with E-state index in [4.69, 9.17) is 26.4 Å². The minimum Gasteiger partial charge on any atom is -0.491 e. The van der Waals surface area contributed by atoms with Gasteiger partial charge in [-0.15, -0.1) is 0 Å². The number of nitrogens with one attached hydrogen (secondary N) is 2. The maximum atomic E-state index is 14.5. The Kier molecular flexibility index (Phi) is 17.6. The Hall–Kier alpha value is -3.85. The summed E-state index contributed by atoms with van der Waals surface area (Å²) < 4.78 is 20.9. The van der Waals surface area contributed by atoms with Gasteiger partial charge in [0.2, 0.25) is 0 Å². The van der Waals surface area contributed by atoms with Crippen molar-refractivity contribution >= 4 is 35.2 Å². The van der Waals surface area contributed by atoms with Gasteiger partial charge >= 0.3 is 11.9 Å². The van der Waals surface area contributed by atoms with Gasteiger partial charge in [0.1, 0.15) is 5.75 Å². The molecule has 0 bridgehead atoms. The van der Waals surface area contributed by atoms with Gasteiger partial charge in [0.15, 0.2) is 4.77 Å². The molecule has 2 heterocycles. The van der Waals surface area contributed by atoms with Crippen molar-refractivity contribution in [1.29, 1.82) is 0 Å². The molecule has 0 amide bonds. The summed E-state index contributed by atoms with van der Waals surface area (Å²) in [4.78, 5) is 32.0. The van der Waals surface area contributed by atoms with Crippen molar-refractivity contribution in [3.05, 3.63) is 80.9 Å². The van der Waals surface area contributed by atoms with E-state index in [0.29, 0.717) is 33.1 Å². The number of aromatic amines is 1. The number of aryl methyl sites for hydroxylation is 1. The normalized spacial score (nSPS) is 14.7. The number of esters is 2. The predicted octanol–water partition coefficient (Wildman–Crippen LogP) is 11.9. The molecule has 0 spiro atoms. The summed E-state index contributed by atoms with van der Waals surface area (Å²) in [5.41, 5.74) is 5.63. The number of nitrogens with zero attached hydrogens (tertiary/aromatic N) is 1. The minimum absolute atomic E-state index is 0.137. The molecular weight excluding hydrogens is 707 g/mol. The first-order valence-corrected chi connectivity index (χ1v) is 21.4. The van der Waals surface area contributed by atoms with E-state index in [9.17, 15) is 9.59 Å². The lowest BCUT2D eigenvalue weighted by Crippen LogP contribution is -2.36. The molecule has 0 aliphatic carbocycles. The second-order valence-electron chi connectivity index (χ2n) is 15.9. The monoisotopic (exact) mass is 773 g/mol. The van der Waals surface area contributed by atoms with Gasteiger partial charge in [-0.05, 0) is 97.3 Å². The Labute approximate surface area is 335 Å². The summed E-state index contributed by atoms with van der Waals surface area (Å²) >= 11 is 5.81. The molecule has 2 N–H and O–H groups in total. The summed E-state index contributed by atoms with van der Waals surface area (Å²) in [6, 6.07) is 14.0. The van der Waals surface area contributed by atoms with Gasteiger partial charge in [-0.2, -0.15) is 0 Å². The van der Waals surface area contributed by atoms with E-state index in [2.05, 4.69) is 23.3 Å². The lowest BCUT2D eigenvalue weighted by atomic mass is 9.77. The molecule has 1 aliphatic rings. The number of carbonyl (C=O) groups is 2. The highest BCUT2D eigenvalue weighted by Gasteiger charge is 2.42. The second kappa shape index (κ2) is 22.0. The van der Waals surface area contributed by atoms with Gasteiger partial charge in [0.05, 0.1) is 53.0 Å². The van der Waals surface area contributed by atoms with Crippen LogP contribution in [0.25, 0.3) is 11.0 Å². The number of unbranched alkanes of at least 4 members (excludes halogenated alkanes) is 12. The van der Waals surface area contributed by atoms with E-state index in [1.54, 1.807) is 0 Å². The molecule has 0 saturated heterocycles. The van der Waals surface area contributed by atoms with Crippen molar-refractivity contribution in [2.24, 2.45) is 0 Å². The van der Waals surface area contributed by atoms with Crippen LogP contribution in [-0.2, 0) is 32.0 Å². The molecular formula is C46H67N3O5S. The number of imidazole rings is 1. The molecule has 2 aromatic carbocycles. The molecule has 1 aliphatic heterocycles. The molecule has 4 rings (SSSR count). The maximum absolute atomic E-state index is 14.5. The molecule has 302 valence electrons. The molecule has 1 aromatic heterocycles. The van der Waals surface area contributed by atoms with E-state index in [1.165, 1.54) is 70.6 Å². The number of carbonyl (C=O) groups excluding carboxylic acids is 2. The molecule has 8 nitrogen and oxygen atoms in total. The SMILES string of the molecule is CCCCCCCCCCCCCCCc1cccc(OC(C)C)c1C1C(C(=O)OC(C)C)=C(C)NC(Cn2c(=S)[nH]c3ccccc32)=C1C(=O)OC(C)C. The third-order valence-corrected chi connectivity index (χ3v) is 10.4. The fourth-order valence-electron chi connectivity index (χ4n) is 7.62. The molecule has 1 unspecified atom stereocenters. The zero-order valence-electron chi connectivity index (χ0n) is 34.9. The van der Waals surface area contributed by atoms with E-state index >= 15 is 0 Å². The first-order valence-electron chi connectivity index (χ1n) is 21.0. The molecule has 1 atom stereocenters. The average Bonchev–Trinajstić information content (AvgIpc) is 3.43. The van der Waals surface area contributed by atoms with Gasteiger partial charge in [0, 0.05) is 17.0 Å². The number of rotatable bonds is 23. The lowest BCUT2D eigenvalue weighted by molar-refractivity contribution is -0.143. The molecule has 0 radical (unpaired) electrons. The highest BCUT2D eigenvalue weighted by Crippen LogP contribution is 2.46. The van der Waals surface area contributed by atoms with Crippen molar-refractivity contribution in [2.75, 3.05) is 0 Å². The number of hydrogen-bond donors (Lipinski definition) is 2. The smallest absolute Gasteiger partial charge is 0.337 e. The predicted molar refractivity (Wildman–Crippen MR) is 227 cm³/mol. The zero-order valence-corrected chi connectivity index (χ0v) is 35.7. The third-order valence-electron chi connectivity index (χ3n) is 10.1. The van der Waals surface area contributed by atoms with Crippen molar-refractivity contribution in [1.82, 2.24) is 14.9 Å². The Morgan fingerprint density at radius 1 is 0.727 bits per heavy atom. The van der Waals surface area contributed by atoms with Crippen LogP contribution in [0.5, 0.6) is 5.75 Å². The number of benzene rings is 2. The van der Waals surface area contributed by atoms with Crippen molar-refractivity contribution in [3.8, 4) is 5.75 Å². The van der Waals surface area contributed by atoms with Gasteiger partial charge in [-0.25, -0.2) is 9.59 Å². The summed E-state index contributed by atoms with van der Waals surface area (Å²) in [7, 11) is 0. The van der Waals surface area contributed by atoms with Crippen LogP contribution < -0.4 is 10.1 Å². The molecule has 0 saturated carbocycles. The Morgan fingerprint density at radius 3 is 1.87 bits per heavy atom. The molecule has 9 heteroatoms. The highest BCUT2D eigenvalue weighted by atomic mass is 32.1. The minimum atomic E-state index is -0.806. The number of H-pyrrole nitrogens is 1. The quantitative estimate of drug-likeness (QED) is 0.0563. The first kappa shape index (κ1) is 43.9. The first-order chi connectivity index (χ1) is 26.4. The number of allylic oxidation sites excluding steroid dienone is 2. The standard InChI is InChI=1S/C46H67N3O5S/c1-9-10-11-12-13-14-15-16-17-18-19-20-21-25-35-26-24-29-39(52-31(2)3)41(35)43-40(44(50)53-32(4)5)34(8)47-37(42(43)45(51)54-33(6)7)30-49-38-28-23-22-27-36(38)48-46(49)55/h22-24,26-29,31-33,43,47H,9-21,25,30H2,1-8H3,(H,48,55). The summed E-state index contributed by atoms with van der Waals surface area (Å²) in [5.74, 6) is -1.13. The number of dihydropyridines is 1. The Balaban J connectivity index is 1.72. The van der Waals surface area contributed by atoms with Crippen molar-refractivity contribution in [3.63, 3.8) is 0 Å². The van der Waals surface area contributed by atoms with Gasteiger partial charge in [-0.3, -0.25) is 0 Å². The van der Waals surface area contributed by atoms with E-state index in [-0.39, 0.29) is 24.9 Å². The summed E-state index contributed by atoms with van der Waals surface area (Å²) in [6.45, 7) is 15.7. The third kappa shape index (κ3) is 12.6. The van der Waals surface area contributed by atoms with Crippen LogP contribution >= 0.6 is 12.2 Å². The fourth-order valence-corrected chi connectivity index (χ4v) is 7.90. The Bertz CT molecular complexity index is 1830. The van der Waals surface area contributed by atoms with Crippen LogP contribution in [-0.4, -0.2) is 39.8 Å².